The summed E-state index contributed by atoms with van der Waals surface area (Å²) in [5.74, 6) is -8.21. The second kappa shape index (κ2) is 26.3. The Morgan fingerprint density at radius 3 is 2.22 bits per heavy atom. The summed E-state index contributed by atoms with van der Waals surface area (Å²) >= 11 is 0. The van der Waals surface area contributed by atoms with Crippen LogP contribution in [0.3, 0.4) is 0 Å². The quantitative estimate of drug-likeness (QED) is 0.142. The molecule has 1 saturated carbocycles. The maximum atomic E-state index is 14.5. The van der Waals surface area contributed by atoms with Gasteiger partial charge in [0.2, 0.25) is 5.79 Å². The number of nitrogens with zero attached hydrogens (tertiary/aromatic N) is 2. The number of carbonyl (C=O) groups is 5. The van der Waals surface area contributed by atoms with Gasteiger partial charge in [-0.2, -0.15) is 0 Å². The highest BCUT2D eigenvalue weighted by Gasteiger charge is 2.53. The zero-order valence-electron chi connectivity index (χ0n) is 45.1. The van der Waals surface area contributed by atoms with E-state index in [-0.39, 0.29) is 73.4 Å². The average Bonchev–Trinajstić information content (AvgIpc) is 3.38. The first kappa shape index (κ1) is 58.4. The van der Waals surface area contributed by atoms with E-state index in [4.69, 9.17) is 28.5 Å². The van der Waals surface area contributed by atoms with Crippen LogP contribution in [0.1, 0.15) is 138 Å². The van der Waals surface area contributed by atoms with Crippen molar-refractivity contribution in [1.82, 2.24) is 4.90 Å². The summed E-state index contributed by atoms with van der Waals surface area (Å²) in [6.07, 6.45) is 4.36. The van der Waals surface area contributed by atoms with Gasteiger partial charge in [0.25, 0.3) is 11.7 Å². The molecule has 5 aliphatic heterocycles. The largest absolute Gasteiger partial charge is 0.460 e. The van der Waals surface area contributed by atoms with E-state index in [0.717, 1.165) is 17.7 Å². The number of rotatable bonds is 7. The molecular weight excluding hydrogens is 937 g/mol. The molecule has 1 amide bonds. The minimum atomic E-state index is -2.46. The number of methoxy groups -OCH3 is 3. The molecular formula is C57H86N2O14. The monoisotopic (exact) mass is 1020 g/mol. The number of esters is 1. The number of benzene rings is 1. The summed E-state index contributed by atoms with van der Waals surface area (Å²) in [5.41, 5.74) is 2.11. The number of anilines is 1. The summed E-state index contributed by atoms with van der Waals surface area (Å²) in [7, 11) is 4.56. The third kappa shape index (κ3) is 14.1. The van der Waals surface area contributed by atoms with Crippen molar-refractivity contribution in [3.05, 3.63) is 53.6 Å². The zero-order valence-corrected chi connectivity index (χ0v) is 45.1. The highest BCUT2D eigenvalue weighted by Crippen LogP contribution is 2.39. The van der Waals surface area contributed by atoms with E-state index in [2.05, 4.69) is 6.92 Å². The molecule has 408 valence electrons. The van der Waals surface area contributed by atoms with Crippen LogP contribution in [-0.4, -0.2) is 144 Å². The SMILES string of the molecule is CO[C@H]1C[C@@H]2CC[C@@H](C)[C@@](O)(O2)C(=O)C(=O)N2CCCC[C@H]2C(=O)O[C@H]([C@H](C)C[C@@H]2CC[C@@H](O)[C@H](OC)C2)CC(=O)[C@H](C)/C=C(\C)[C@@H](O)[C@@H](OC)C(=O)[C@H](C)C[C@H](C)[C@@H]2CC[C@H](C=C1C)ON2c1ccccc1. The summed E-state index contributed by atoms with van der Waals surface area (Å²) in [5, 5.41) is 36.3. The maximum Gasteiger partial charge on any atom is 0.329 e. The van der Waals surface area contributed by atoms with Gasteiger partial charge in [-0.3, -0.25) is 29.1 Å². The van der Waals surface area contributed by atoms with Crippen LogP contribution in [0.5, 0.6) is 0 Å². The van der Waals surface area contributed by atoms with Crippen LogP contribution in [0.4, 0.5) is 5.69 Å². The van der Waals surface area contributed by atoms with Crippen molar-refractivity contribution in [2.75, 3.05) is 32.9 Å². The van der Waals surface area contributed by atoms with E-state index in [1.807, 2.05) is 62.2 Å². The highest BCUT2D eigenvalue weighted by molar-refractivity contribution is 6.39. The minimum Gasteiger partial charge on any atom is -0.460 e. The Hall–Kier alpha value is -3.87. The summed E-state index contributed by atoms with van der Waals surface area (Å²) in [4.78, 5) is 79.9. The highest BCUT2D eigenvalue weighted by atomic mass is 16.7. The van der Waals surface area contributed by atoms with Crippen molar-refractivity contribution in [2.24, 2.45) is 35.5 Å². The number of hydrogen-bond acceptors (Lipinski definition) is 15. The number of allylic oxidation sites excluding steroid dienone is 1. The first-order chi connectivity index (χ1) is 34.7. The van der Waals surface area contributed by atoms with Crippen LogP contribution >= 0.6 is 0 Å². The number of ether oxygens (including phenoxy) is 5. The van der Waals surface area contributed by atoms with Crippen LogP contribution in [0.25, 0.3) is 0 Å². The lowest BCUT2D eigenvalue weighted by Crippen LogP contribution is -2.61. The van der Waals surface area contributed by atoms with E-state index < -0.39 is 83.9 Å². The van der Waals surface area contributed by atoms with Crippen molar-refractivity contribution in [2.45, 2.75) is 205 Å². The molecule has 6 aliphatic rings. The fourth-order valence-corrected chi connectivity index (χ4v) is 12.1. The molecule has 1 aromatic carbocycles. The number of para-hydroxylation sites is 1. The van der Waals surface area contributed by atoms with E-state index in [9.17, 15) is 39.3 Å². The number of amides is 1. The van der Waals surface area contributed by atoms with E-state index in [0.29, 0.717) is 69.8 Å². The average molecular weight is 1020 g/mol. The number of Topliss-reactive ketones (excluding diaryl/α,β-unsaturated/α-hetero) is 3. The van der Waals surface area contributed by atoms with E-state index in [1.54, 1.807) is 41.1 Å². The second-order valence-corrected chi connectivity index (χ2v) is 22.3. The first-order valence-electron chi connectivity index (χ1n) is 27.1. The van der Waals surface area contributed by atoms with Crippen LogP contribution in [0.15, 0.2) is 53.6 Å². The first-order valence-corrected chi connectivity index (χ1v) is 27.1. The number of hydrogen-bond donors (Lipinski definition) is 3. The van der Waals surface area contributed by atoms with Gasteiger partial charge in [-0.05, 0) is 132 Å². The van der Waals surface area contributed by atoms with Crippen molar-refractivity contribution in [3.8, 4) is 0 Å². The number of aliphatic hydroxyl groups excluding tert-OH is 2. The number of fused-ring (bicyclic) bond motifs is 17. The molecule has 16 nitrogen and oxygen atoms in total. The number of piperidine rings is 1. The summed E-state index contributed by atoms with van der Waals surface area (Å²) < 4.78 is 29.9. The van der Waals surface area contributed by atoms with Crippen molar-refractivity contribution < 1.29 is 67.8 Å². The van der Waals surface area contributed by atoms with Gasteiger partial charge in [-0.15, -0.1) is 0 Å². The lowest BCUT2D eigenvalue weighted by Gasteiger charge is -2.43. The molecule has 4 fully saturated rings. The van der Waals surface area contributed by atoms with Crippen LogP contribution in [0, 0.1) is 35.5 Å². The molecule has 16 heteroatoms. The fraction of sp³-hybridized carbons (Fsp3) is 0.737. The smallest absolute Gasteiger partial charge is 0.329 e. The number of ketones is 3. The predicted octanol–water partition coefficient (Wildman–Crippen LogP) is 7.04. The number of hydroxylamine groups is 1. The Morgan fingerprint density at radius 2 is 1.53 bits per heavy atom. The molecule has 3 saturated heterocycles. The van der Waals surface area contributed by atoms with Gasteiger partial charge in [0.1, 0.15) is 36.2 Å². The van der Waals surface area contributed by atoms with E-state index >= 15 is 0 Å². The zero-order chi connectivity index (χ0) is 53.3. The molecule has 5 heterocycles. The molecule has 7 rings (SSSR count). The number of carbonyl (C=O) groups excluding carboxylic acids is 5. The minimum absolute atomic E-state index is 0.0349. The third-order valence-electron chi connectivity index (χ3n) is 16.9. The van der Waals surface area contributed by atoms with Crippen LogP contribution < -0.4 is 5.06 Å². The molecule has 4 bridgehead atoms. The molecule has 17 atom stereocenters. The van der Waals surface area contributed by atoms with Gasteiger partial charge < -0.3 is 43.9 Å². The van der Waals surface area contributed by atoms with Crippen molar-refractivity contribution in [3.63, 3.8) is 0 Å². The molecule has 1 aliphatic carbocycles. The van der Waals surface area contributed by atoms with Gasteiger partial charge in [0.15, 0.2) is 5.78 Å². The predicted molar refractivity (Wildman–Crippen MR) is 274 cm³/mol. The third-order valence-corrected chi connectivity index (χ3v) is 16.9. The molecule has 0 radical (unpaired) electrons. The molecule has 0 aromatic heterocycles. The Balaban J connectivity index is 1.34. The Labute approximate surface area is 433 Å². The normalized spacial score (nSPS) is 38.8. The summed E-state index contributed by atoms with van der Waals surface area (Å²) in [6.45, 7) is 12.9. The van der Waals surface area contributed by atoms with Gasteiger partial charge in [0, 0.05) is 58.5 Å². The second-order valence-electron chi connectivity index (χ2n) is 22.3. The number of aliphatic hydroxyl groups is 3. The molecule has 3 N–H and O–H groups in total. The molecule has 0 spiro atoms. The topological polar surface area (TPSA) is 208 Å². The standard InChI is InChI=1S/C57H86N2O14/c1-33-26-37(5)51(62)53(70-10)52(63)38(6)27-34(2)47(61)32-49(35(3)28-40-20-24-46(60)50(30-40)69-9)71-56(66)45-18-14-15-25-58(45)55(65)54(64)57(67)39(7)19-21-42(72-57)31-48(68-8)36(4)29-43-22-23-44(33)59(73-43)41-16-12-11-13-17-41/h11-13,16-17,27,29,33-35,37,39-40,42-46,48-50,52-53,60,63,67H,14-15,18-26,28,30-32H2,1-10H3/b36-29?,38-27+/t33-,34+,35+,37+,39+,40-,42-,43+,44-,45-,46+,48-,49-,50+,52+,53-,57+/m0/s1. The Bertz CT molecular complexity index is 2100. The Kier molecular flexibility index (Phi) is 21.0. The molecule has 0 unspecified atom stereocenters. The molecule has 73 heavy (non-hydrogen) atoms. The van der Waals surface area contributed by atoms with Crippen LogP contribution in [0.2, 0.25) is 0 Å². The molecule has 1 aromatic rings. The Morgan fingerprint density at radius 1 is 0.808 bits per heavy atom. The van der Waals surface area contributed by atoms with E-state index in [1.165, 1.54) is 12.0 Å². The van der Waals surface area contributed by atoms with Crippen LogP contribution in [-0.2, 0) is 52.5 Å². The van der Waals surface area contributed by atoms with Gasteiger partial charge in [-0.25, -0.2) is 4.79 Å². The van der Waals surface area contributed by atoms with Gasteiger partial charge in [0.05, 0.1) is 36.1 Å². The fourth-order valence-electron chi connectivity index (χ4n) is 12.1. The summed E-state index contributed by atoms with van der Waals surface area (Å²) in [6, 6.07) is 8.56. The lowest BCUT2D eigenvalue weighted by atomic mass is 9.78. The van der Waals surface area contributed by atoms with Crippen molar-refractivity contribution in [1.29, 1.82) is 0 Å². The van der Waals surface area contributed by atoms with Crippen molar-refractivity contribution >= 4 is 34.9 Å². The van der Waals surface area contributed by atoms with Gasteiger partial charge >= 0.3 is 5.97 Å². The van der Waals surface area contributed by atoms with Gasteiger partial charge in [-0.1, -0.05) is 65.0 Å². The maximum absolute atomic E-state index is 14.5. The lowest BCUT2D eigenvalue weighted by molar-refractivity contribution is -0.265.